The molecule has 0 aliphatic carbocycles. The summed E-state index contributed by atoms with van der Waals surface area (Å²) in [4.78, 5) is 14.4. The fourth-order valence-corrected chi connectivity index (χ4v) is 3.33. The van der Waals surface area contributed by atoms with Gasteiger partial charge in [-0.05, 0) is 56.0 Å². The number of hydrogen-bond donors (Lipinski definition) is 1. The lowest BCUT2D eigenvalue weighted by atomic mass is 9.93. The predicted molar refractivity (Wildman–Crippen MR) is 97.9 cm³/mol. The Morgan fingerprint density at radius 1 is 1.20 bits per heavy atom. The molecule has 1 saturated heterocycles. The van der Waals surface area contributed by atoms with Gasteiger partial charge in [-0.2, -0.15) is 0 Å². The van der Waals surface area contributed by atoms with Crippen molar-refractivity contribution in [3.05, 3.63) is 71.5 Å². The van der Waals surface area contributed by atoms with Crippen LogP contribution < -0.4 is 5.32 Å². The summed E-state index contributed by atoms with van der Waals surface area (Å²) in [6.45, 7) is 6.48. The van der Waals surface area contributed by atoms with Crippen molar-refractivity contribution in [2.24, 2.45) is 5.92 Å². The number of likely N-dealkylation sites (tertiary alicyclic amines) is 1. The van der Waals surface area contributed by atoms with Crippen molar-refractivity contribution in [3.8, 4) is 0 Å². The van der Waals surface area contributed by atoms with Crippen LogP contribution in [0, 0.1) is 11.7 Å². The second kappa shape index (κ2) is 7.36. The van der Waals surface area contributed by atoms with Crippen molar-refractivity contribution in [1.29, 1.82) is 0 Å². The molecule has 1 amide bonds. The highest BCUT2D eigenvalue weighted by atomic mass is 19.1. The van der Waals surface area contributed by atoms with Crippen LogP contribution in [0.4, 0.5) is 4.39 Å². The Labute approximate surface area is 148 Å². The first-order chi connectivity index (χ1) is 12.0. The number of nitrogens with zero attached hydrogens (tertiary/aromatic N) is 1. The van der Waals surface area contributed by atoms with Crippen molar-refractivity contribution in [3.63, 3.8) is 0 Å². The number of nitrogens with one attached hydrogen (secondary N) is 1. The highest BCUT2D eigenvalue weighted by molar-refractivity contribution is 5.94. The van der Waals surface area contributed by atoms with Gasteiger partial charge in [0.15, 0.2) is 0 Å². The fourth-order valence-electron chi connectivity index (χ4n) is 3.33. The van der Waals surface area contributed by atoms with E-state index in [-0.39, 0.29) is 17.3 Å². The second-order valence-corrected chi connectivity index (χ2v) is 7.29. The molecular weight excluding hydrogens is 315 g/mol. The third kappa shape index (κ3) is 4.26. The third-order valence-electron chi connectivity index (χ3n) is 4.97. The minimum atomic E-state index is -0.307. The number of carbonyl (C=O) groups is 1. The molecule has 0 spiro atoms. The molecule has 132 valence electrons. The monoisotopic (exact) mass is 340 g/mol. The van der Waals surface area contributed by atoms with Crippen molar-refractivity contribution in [2.45, 2.75) is 25.8 Å². The maximum absolute atomic E-state index is 13.5. The zero-order chi connectivity index (χ0) is 17.9. The quantitative estimate of drug-likeness (QED) is 0.897. The predicted octanol–water partition coefficient (Wildman–Crippen LogP) is 3.81. The zero-order valence-corrected chi connectivity index (χ0v) is 14.8. The molecule has 2 aromatic carbocycles. The van der Waals surface area contributed by atoms with Gasteiger partial charge in [0, 0.05) is 30.7 Å². The van der Waals surface area contributed by atoms with Gasteiger partial charge in [0.05, 0.1) is 0 Å². The molecule has 1 heterocycles. The number of rotatable bonds is 5. The first-order valence-corrected chi connectivity index (χ1v) is 8.81. The number of benzene rings is 2. The van der Waals surface area contributed by atoms with Crippen LogP contribution in [0.25, 0.3) is 0 Å². The minimum absolute atomic E-state index is 0.104. The van der Waals surface area contributed by atoms with E-state index in [4.69, 9.17) is 0 Å². The summed E-state index contributed by atoms with van der Waals surface area (Å²) < 4.78 is 13.5. The van der Waals surface area contributed by atoms with E-state index in [1.807, 2.05) is 41.3 Å². The lowest BCUT2D eigenvalue weighted by Gasteiger charge is -2.29. The standard InChI is InChI=1S/C21H25FN2O/c1-21(2,18-9-6-10-19(22)13-18)23-14-16-11-12-24(15-16)20(25)17-7-4-3-5-8-17/h3-10,13,16,23H,11-12,14-15H2,1-2H3. The van der Waals surface area contributed by atoms with Gasteiger partial charge in [-0.3, -0.25) is 4.79 Å². The van der Waals surface area contributed by atoms with E-state index in [9.17, 15) is 9.18 Å². The largest absolute Gasteiger partial charge is 0.338 e. The van der Waals surface area contributed by atoms with E-state index >= 15 is 0 Å². The molecule has 2 aromatic rings. The van der Waals surface area contributed by atoms with Gasteiger partial charge in [-0.15, -0.1) is 0 Å². The van der Waals surface area contributed by atoms with Gasteiger partial charge in [0.2, 0.25) is 0 Å². The van der Waals surface area contributed by atoms with E-state index in [0.717, 1.165) is 37.2 Å². The van der Waals surface area contributed by atoms with E-state index < -0.39 is 0 Å². The molecule has 1 unspecified atom stereocenters. The Morgan fingerprint density at radius 2 is 1.96 bits per heavy atom. The van der Waals surface area contributed by atoms with Crippen LogP contribution in [0.1, 0.15) is 36.2 Å². The minimum Gasteiger partial charge on any atom is -0.338 e. The molecule has 0 radical (unpaired) electrons. The molecule has 1 atom stereocenters. The van der Waals surface area contributed by atoms with E-state index in [2.05, 4.69) is 19.2 Å². The van der Waals surface area contributed by atoms with E-state index in [1.54, 1.807) is 12.1 Å². The second-order valence-electron chi connectivity index (χ2n) is 7.29. The Bertz CT molecular complexity index is 730. The maximum atomic E-state index is 13.5. The van der Waals surface area contributed by atoms with Gasteiger partial charge in [0.25, 0.3) is 5.91 Å². The summed E-state index contributed by atoms with van der Waals surface area (Å²) in [7, 11) is 0. The molecule has 0 aromatic heterocycles. The molecule has 1 fully saturated rings. The zero-order valence-electron chi connectivity index (χ0n) is 14.8. The van der Waals surface area contributed by atoms with Gasteiger partial charge in [0.1, 0.15) is 5.82 Å². The summed E-state index contributed by atoms with van der Waals surface area (Å²) in [6.07, 6.45) is 0.991. The van der Waals surface area contributed by atoms with Crippen molar-refractivity contribution >= 4 is 5.91 Å². The van der Waals surface area contributed by atoms with Crippen LogP contribution in [0.2, 0.25) is 0 Å². The molecule has 25 heavy (non-hydrogen) atoms. The molecule has 1 aliphatic rings. The molecule has 3 rings (SSSR count). The Kier molecular flexibility index (Phi) is 5.19. The SMILES string of the molecule is CC(C)(NCC1CCN(C(=O)c2ccccc2)C1)c1cccc(F)c1. The Balaban J connectivity index is 1.56. The summed E-state index contributed by atoms with van der Waals surface area (Å²) in [6, 6.07) is 16.1. The number of carbonyl (C=O) groups excluding carboxylic acids is 1. The number of amides is 1. The van der Waals surface area contributed by atoms with Crippen molar-refractivity contribution in [1.82, 2.24) is 10.2 Å². The van der Waals surface area contributed by atoms with E-state index in [1.165, 1.54) is 6.07 Å². The Morgan fingerprint density at radius 3 is 2.68 bits per heavy atom. The molecule has 4 heteroatoms. The van der Waals surface area contributed by atoms with E-state index in [0.29, 0.717) is 5.92 Å². The summed E-state index contributed by atoms with van der Waals surface area (Å²) in [5.41, 5.74) is 1.37. The molecule has 0 saturated carbocycles. The highest BCUT2D eigenvalue weighted by Gasteiger charge is 2.29. The van der Waals surface area contributed by atoms with Crippen LogP contribution in [0.5, 0.6) is 0 Å². The first kappa shape index (κ1) is 17.6. The lowest BCUT2D eigenvalue weighted by molar-refractivity contribution is 0.0786. The maximum Gasteiger partial charge on any atom is 0.253 e. The van der Waals surface area contributed by atoms with Crippen molar-refractivity contribution in [2.75, 3.05) is 19.6 Å². The summed E-state index contributed by atoms with van der Waals surface area (Å²) in [5, 5.41) is 3.54. The molecule has 1 aliphatic heterocycles. The smallest absolute Gasteiger partial charge is 0.253 e. The van der Waals surface area contributed by atoms with Gasteiger partial charge < -0.3 is 10.2 Å². The number of hydrogen-bond acceptors (Lipinski definition) is 2. The normalized spacial score (nSPS) is 17.7. The topological polar surface area (TPSA) is 32.3 Å². The molecular formula is C21H25FN2O. The van der Waals surface area contributed by atoms with Crippen LogP contribution in [-0.4, -0.2) is 30.4 Å². The van der Waals surface area contributed by atoms with Crippen molar-refractivity contribution < 1.29 is 9.18 Å². The van der Waals surface area contributed by atoms with Crippen LogP contribution in [-0.2, 0) is 5.54 Å². The molecule has 1 N–H and O–H groups in total. The fraction of sp³-hybridized carbons (Fsp3) is 0.381. The lowest BCUT2D eigenvalue weighted by Crippen LogP contribution is -2.40. The van der Waals surface area contributed by atoms with Gasteiger partial charge in [-0.25, -0.2) is 4.39 Å². The van der Waals surface area contributed by atoms with Gasteiger partial charge >= 0.3 is 0 Å². The third-order valence-corrected chi connectivity index (χ3v) is 4.97. The average Bonchev–Trinajstić information content (AvgIpc) is 3.09. The van der Waals surface area contributed by atoms with Crippen LogP contribution >= 0.6 is 0 Å². The number of halogens is 1. The van der Waals surface area contributed by atoms with Crippen LogP contribution in [0.3, 0.4) is 0 Å². The molecule has 0 bridgehead atoms. The van der Waals surface area contributed by atoms with Gasteiger partial charge in [-0.1, -0.05) is 30.3 Å². The summed E-state index contributed by atoms with van der Waals surface area (Å²) in [5.74, 6) is 0.306. The first-order valence-electron chi connectivity index (χ1n) is 8.81. The molecule has 3 nitrogen and oxygen atoms in total. The van der Waals surface area contributed by atoms with Crippen LogP contribution in [0.15, 0.2) is 54.6 Å². The highest BCUT2D eigenvalue weighted by Crippen LogP contribution is 2.23. The Hall–Kier alpha value is -2.20. The summed E-state index contributed by atoms with van der Waals surface area (Å²) >= 11 is 0. The average molecular weight is 340 g/mol.